The first-order chi connectivity index (χ1) is 21.3. The summed E-state index contributed by atoms with van der Waals surface area (Å²) in [5, 5.41) is 4.96. The zero-order chi connectivity index (χ0) is 28.6. The minimum atomic E-state index is -0.0226. The highest BCUT2D eigenvalue weighted by atomic mass is 16.5. The SMILES string of the molecule is C1=c2ccccc2=C2c3c(ccc4ccccc34)OCC(c3ccc(-c4ccc(C5CCCCC5)cc4)cc3)CO[C@@H]2C1. The van der Waals surface area contributed by atoms with Gasteiger partial charge in [-0.25, -0.2) is 0 Å². The maximum absolute atomic E-state index is 6.83. The summed E-state index contributed by atoms with van der Waals surface area (Å²) in [5.41, 5.74) is 7.73. The lowest BCUT2D eigenvalue weighted by atomic mass is 9.83. The Morgan fingerprint density at radius 2 is 1.28 bits per heavy atom. The Bertz CT molecular complexity index is 1880. The van der Waals surface area contributed by atoms with Crippen molar-refractivity contribution in [3.63, 3.8) is 0 Å². The molecule has 0 saturated heterocycles. The molecular weight excluding hydrogens is 524 g/mol. The van der Waals surface area contributed by atoms with Crippen molar-refractivity contribution in [1.29, 1.82) is 0 Å². The predicted octanol–water partition coefficient (Wildman–Crippen LogP) is 8.50. The van der Waals surface area contributed by atoms with Crippen molar-refractivity contribution in [1.82, 2.24) is 0 Å². The van der Waals surface area contributed by atoms with Crippen molar-refractivity contribution in [3.05, 3.63) is 136 Å². The maximum Gasteiger partial charge on any atom is 0.127 e. The van der Waals surface area contributed by atoms with Crippen LogP contribution in [0.25, 0.3) is 33.5 Å². The van der Waals surface area contributed by atoms with Crippen LogP contribution in [0.15, 0.2) is 109 Å². The van der Waals surface area contributed by atoms with Crippen LogP contribution in [0.1, 0.15) is 67.1 Å². The summed E-state index contributed by atoms with van der Waals surface area (Å²) in [4.78, 5) is 0. The van der Waals surface area contributed by atoms with Gasteiger partial charge in [0.15, 0.2) is 0 Å². The fraction of sp³-hybridized carbons (Fsp3) is 0.268. The van der Waals surface area contributed by atoms with Crippen molar-refractivity contribution >= 4 is 22.4 Å². The van der Waals surface area contributed by atoms with E-state index in [9.17, 15) is 0 Å². The van der Waals surface area contributed by atoms with Gasteiger partial charge < -0.3 is 9.47 Å². The van der Waals surface area contributed by atoms with E-state index in [0.29, 0.717) is 13.2 Å². The van der Waals surface area contributed by atoms with Gasteiger partial charge in [0.25, 0.3) is 0 Å². The summed E-state index contributed by atoms with van der Waals surface area (Å²) >= 11 is 0. The van der Waals surface area contributed by atoms with Crippen molar-refractivity contribution in [2.45, 2.75) is 56.5 Å². The van der Waals surface area contributed by atoms with Gasteiger partial charge >= 0.3 is 0 Å². The van der Waals surface area contributed by atoms with E-state index in [0.717, 1.165) is 18.1 Å². The standard InChI is InChI=1S/C41H38O2/c1-2-8-28(9-3-1)29-14-16-30(17-15-29)31-18-20-32(21-19-31)35-26-42-38-24-22-33-10-4-6-12-36(33)40(38)41-37-13-7-5-11-34(37)23-25-39(41)43-27-35/h4-7,10-24,28,35,39H,1-3,8-9,25-27H2/t35?,39-/m1/s1. The lowest BCUT2D eigenvalue weighted by Gasteiger charge is -2.25. The molecule has 1 heterocycles. The zero-order valence-electron chi connectivity index (χ0n) is 24.7. The van der Waals surface area contributed by atoms with E-state index < -0.39 is 0 Å². The summed E-state index contributed by atoms with van der Waals surface area (Å²) < 4.78 is 13.6. The summed E-state index contributed by atoms with van der Waals surface area (Å²) in [6.07, 6.45) is 9.98. The third-order valence-corrected chi connectivity index (χ3v) is 9.93. The Hall–Kier alpha value is -4.14. The van der Waals surface area contributed by atoms with E-state index in [-0.39, 0.29) is 12.0 Å². The molecule has 2 aliphatic carbocycles. The molecule has 0 aromatic heterocycles. The van der Waals surface area contributed by atoms with E-state index in [1.54, 1.807) is 0 Å². The second-order valence-electron chi connectivity index (χ2n) is 12.5. The van der Waals surface area contributed by atoms with Crippen LogP contribution >= 0.6 is 0 Å². The molecule has 0 N–H and O–H groups in total. The van der Waals surface area contributed by atoms with Crippen LogP contribution in [0, 0.1) is 0 Å². The molecule has 2 heteroatoms. The normalized spacial score (nSPS) is 20.4. The van der Waals surface area contributed by atoms with Crippen LogP contribution < -0.4 is 15.2 Å². The summed E-state index contributed by atoms with van der Waals surface area (Å²) in [6.45, 7) is 1.19. The maximum atomic E-state index is 6.83. The van der Waals surface area contributed by atoms with Crippen LogP contribution in [0.2, 0.25) is 0 Å². The molecular formula is C41H38O2. The largest absolute Gasteiger partial charge is 0.492 e. The lowest BCUT2D eigenvalue weighted by molar-refractivity contribution is 0.0740. The van der Waals surface area contributed by atoms with Gasteiger partial charge in [-0.2, -0.15) is 0 Å². The van der Waals surface area contributed by atoms with E-state index in [1.807, 2.05) is 0 Å². The number of hydrogen-bond acceptors (Lipinski definition) is 2. The van der Waals surface area contributed by atoms with Crippen LogP contribution in [0.4, 0.5) is 0 Å². The summed E-state index contributed by atoms with van der Waals surface area (Å²) in [5.74, 6) is 1.82. The van der Waals surface area contributed by atoms with Gasteiger partial charge in [-0.15, -0.1) is 0 Å². The third-order valence-electron chi connectivity index (χ3n) is 9.93. The van der Waals surface area contributed by atoms with Crippen LogP contribution in [0.3, 0.4) is 0 Å². The molecule has 43 heavy (non-hydrogen) atoms. The molecule has 0 bridgehead atoms. The molecule has 214 valence electrons. The number of ether oxygens (including phenoxy) is 2. The molecule has 0 radical (unpaired) electrons. The fourth-order valence-corrected chi connectivity index (χ4v) is 7.54. The fourth-order valence-electron chi connectivity index (χ4n) is 7.54. The molecule has 5 aromatic carbocycles. The number of rotatable bonds is 3. The van der Waals surface area contributed by atoms with Crippen molar-refractivity contribution in [2.24, 2.45) is 0 Å². The lowest BCUT2D eigenvalue weighted by Crippen LogP contribution is -2.36. The van der Waals surface area contributed by atoms with Gasteiger partial charge in [-0.1, -0.05) is 128 Å². The average molecular weight is 563 g/mol. The van der Waals surface area contributed by atoms with E-state index >= 15 is 0 Å². The molecule has 2 nitrogen and oxygen atoms in total. The highest BCUT2D eigenvalue weighted by Crippen LogP contribution is 2.39. The Labute approximate surface area is 254 Å². The molecule has 0 spiro atoms. The van der Waals surface area contributed by atoms with Crippen molar-refractivity contribution in [2.75, 3.05) is 13.2 Å². The summed E-state index contributed by atoms with van der Waals surface area (Å²) in [6, 6.07) is 40.1. The Morgan fingerprint density at radius 3 is 2.07 bits per heavy atom. The predicted molar refractivity (Wildman–Crippen MR) is 177 cm³/mol. The third kappa shape index (κ3) is 5.08. The molecule has 2 atom stereocenters. The highest BCUT2D eigenvalue weighted by Gasteiger charge is 2.28. The average Bonchev–Trinajstić information content (AvgIpc) is 3.17. The van der Waals surface area contributed by atoms with E-state index in [4.69, 9.17) is 9.47 Å². The monoisotopic (exact) mass is 562 g/mol. The van der Waals surface area contributed by atoms with Crippen molar-refractivity contribution < 1.29 is 9.47 Å². The van der Waals surface area contributed by atoms with Crippen LogP contribution in [-0.4, -0.2) is 19.3 Å². The number of hydrogen-bond donors (Lipinski definition) is 0. The van der Waals surface area contributed by atoms with Gasteiger partial charge in [0.2, 0.25) is 0 Å². The van der Waals surface area contributed by atoms with E-state index in [2.05, 4.69) is 115 Å². The zero-order valence-corrected chi connectivity index (χ0v) is 24.7. The van der Waals surface area contributed by atoms with Crippen LogP contribution in [0.5, 0.6) is 5.75 Å². The van der Waals surface area contributed by atoms with Gasteiger partial charge in [0.1, 0.15) is 5.75 Å². The van der Waals surface area contributed by atoms with Gasteiger partial charge in [-0.05, 0) is 74.7 Å². The molecule has 1 aliphatic heterocycles. The molecule has 3 aliphatic rings. The smallest absolute Gasteiger partial charge is 0.127 e. The second-order valence-corrected chi connectivity index (χ2v) is 12.5. The number of fused-ring (bicyclic) bond motifs is 6. The van der Waals surface area contributed by atoms with Crippen molar-refractivity contribution in [3.8, 4) is 16.9 Å². The van der Waals surface area contributed by atoms with Gasteiger partial charge in [-0.3, -0.25) is 0 Å². The Morgan fingerprint density at radius 1 is 0.581 bits per heavy atom. The minimum Gasteiger partial charge on any atom is -0.492 e. The quantitative estimate of drug-likeness (QED) is 0.220. The molecule has 8 rings (SSSR count). The summed E-state index contributed by atoms with van der Waals surface area (Å²) in [7, 11) is 0. The van der Waals surface area contributed by atoms with Gasteiger partial charge in [0.05, 0.1) is 19.3 Å². The topological polar surface area (TPSA) is 18.5 Å². The van der Waals surface area contributed by atoms with Crippen LogP contribution in [-0.2, 0) is 4.74 Å². The Kier molecular flexibility index (Phi) is 7.09. The molecule has 1 unspecified atom stereocenters. The Balaban J connectivity index is 1.12. The van der Waals surface area contributed by atoms with E-state index in [1.165, 1.54) is 86.7 Å². The molecule has 5 aromatic rings. The highest BCUT2D eigenvalue weighted by molar-refractivity contribution is 5.97. The first-order valence-corrected chi connectivity index (χ1v) is 16.1. The minimum absolute atomic E-state index is 0.0226. The molecule has 0 amide bonds. The first-order valence-electron chi connectivity index (χ1n) is 16.1. The molecule has 1 fully saturated rings. The number of benzene rings is 5. The molecule has 1 saturated carbocycles. The second kappa shape index (κ2) is 11.5. The first kappa shape index (κ1) is 26.5. The van der Waals surface area contributed by atoms with Gasteiger partial charge in [0, 0.05) is 17.1 Å².